The lowest BCUT2D eigenvalue weighted by Crippen LogP contribution is -2.34. The standard InChI is InChI=1S/C13H23NO4/c1-6-11(15)9-10(2)17-8-7-14-12(16)18-13(3,4)5/h2,6-9H2,1,3-5H3,(H,14,16). The summed E-state index contributed by atoms with van der Waals surface area (Å²) in [5.41, 5.74) is -0.512. The number of rotatable bonds is 7. The molecule has 0 rings (SSSR count). The molecule has 0 unspecified atom stereocenters. The van der Waals surface area contributed by atoms with Crippen molar-refractivity contribution < 1.29 is 19.1 Å². The number of Topliss-reactive ketones (excluding diaryl/α,β-unsaturated/α-hetero) is 1. The van der Waals surface area contributed by atoms with Crippen LogP contribution in [0.3, 0.4) is 0 Å². The zero-order valence-electron chi connectivity index (χ0n) is 11.7. The lowest BCUT2D eigenvalue weighted by Gasteiger charge is -2.19. The van der Waals surface area contributed by atoms with Gasteiger partial charge >= 0.3 is 6.09 Å². The highest BCUT2D eigenvalue weighted by atomic mass is 16.6. The predicted molar refractivity (Wildman–Crippen MR) is 69.2 cm³/mol. The van der Waals surface area contributed by atoms with Crippen molar-refractivity contribution in [2.24, 2.45) is 0 Å². The summed E-state index contributed by atoms with van der Waals surface area (Å²) in [7, 11) is 0. The Labute approximate surface area is 109 Å². The second kappa shape index (κ2) is 7.74. The maximum Gasteiger partial charge on any atom is 0.407 e. The van der Waals surface area contributed by atoms with E-state index < -0.39 is 11.7 Å². The third-order valence-electron chi connectivity index (χ3n) is 1.87. The molecule has 0 saturated carbocycles. The number of ether oxygens (including phenoxy) is 2. The molecule has 0 aliphatic heterocycles. The van der Waals surface area contributed by atoms with E-state index in [1.807, 2.05) is 0 Å². The van der Waals surface area contributed by atoms with Crippen LogP contribution in [0.15, 0.2) is 12.3 Å². The Morgan fingerprint density at radius 2 is 1.89 bits per heavy atom. The summed E-state index contributed by atoms with van der Waals surface area (Å²) in [5.74, 6) is 0.507. The fourth-order valence-electron chi connectivity index (χ4n) is 1.06. The maximum atomic E-state index is 11.3. The first-order valence-electron chi connectivity index (χ1n) is 6.03. The van der Waals surface area contributed by atoms with Gasteiger partial charge in [-0.25, -0.2) is 4.79 Å². The van der Waals surface area contributed by atoms with E-state index in [0.717, 1.165) is 0 Å². The Kier molecular flexibility index (Phi) is 7.08. The number of nitrogens with one attached hydrogen (secondary N) is 1. The van der Waals surface area contributed by atoms with Crippen molar-refractivity contribution in [2.75, 3.05) is 13.2 Å². The van der Waals surface area contributed by atoms with Crippen LogP contribution in [-0.2, 0) is 14.3 Å². The summed E-state index contributed by atoms with van der Waals surface area (Å²) in [6, 6.07) is 0. The van der Waals surface area contributed by atoms with Crippen molar-refractivity contribution in [2.45, 2.75) is 46.1 Å². The van der Waals surface area contributed by atoms with Gasteiger partial charge in [-0.3, -0.25) is 4.79 Å². The van der Waals surface area contributed by atoms with Crippen molar-refractivity contribution in [3.63, 3.8) is 0 Å². The Morgan fingerprint density at radius 1 is 1.28 bits per heavy atom. The van der Waals surface area contributed by atoms with Crippen LogP contribution in [0.5, 0.6) is 0 Å². The van der Waals surface area contributed by atoms with Gasteiger partial charge in [0.1, 0.15) is 18.0 Å². The zero-order chi connectivity index (χ0) is 14.2. The number of hydrogen-bond donors (Lipinski definition) is 1. The topological polar surface area (TPSA) is 64.6 Å². The molecule has 0 bridgehead atoms. The van der Waals surface area contributed by atoms with Gasteiger partial charge in [0.15, 0.2) is 0 Å². The lowest BCUT2D eigenvalue weighted by atomic mass is 10.2. The highest BCUT2D eigenvalue weighted by Gasteiger charge is 2.15. The highest BCUT2D eigenvalue weighted by molar-refractivity contribution is 5.79. The van der Waals surface area contributed by atoms with E-state index >= 15 is 0 Å². The van der Waals surface area contributed by atoms with Gasteiger partial charge in [-0.15, -0.1) is 0 Å². The third kappa shape index (κ3) is 9.69. The minimum atomic E-state index is -0.512. The molecule has 0 spiro atoms. The quantitative estimate of drug-likeness (QED) is 0.562. The SMILES string of the molecule is C=C(CC(=O)CC)OCCNC(=O)OC(C)(C)C. The molecular weight excluding hydrogens is 234 g/mol. The fraction of sp³-hybridized carbons (Fsp3) is 0.692. The molecule has 1 amide bonds. The number of alkyl carbamates (subject to hydrolysis) is 1. The van der Waals surface area contributed by atoms with Gasteiger partial charge in [0.25, 0.3) is 0 Å². The van der Waals surface area contributed by atoms with Crippen LogP contribution in [0.2, 0.25) is 0 Å². The van der Waals surface area contributed by atoms with Gasteiger partial charge in [0.05, 0.1) is 18.7 Å². The second-order valence-electron chi connectivity index (χ2n) is 4.88. The number of carbonyl (C=O) groups is 2. The van der Waals surface area contributed by atoms with E-state index in [4.69, 9.17) is 9.47 Å². The van der Waals surface area contributed by atoms with Crippen molar-refractivity contribution in [1.82, 2.24) is 5.32 Å². The molecule has 0 aliphatic carbocycles. The van der Waals surface area contributed by atoms with Crippen LogP contribution in [0.4, 0.5) is 4.79 Å². The van der Waals surface area contributed by atoms with Gasteiger partial charge in [-0.2, -0.15) is 0 Å². The average molecular weight is 257 g/mol. The van der Waals surface area contributed by atoms with E-state index in [-0.39, 0.29) is 18.8 Å². The monoisotopic (exact) mass is 257 g/mol. The molecule has 0 heterocycles. The molecule has 0 aliphatic rings. The minimum Gasteiger partial charge on any atom is -0.496 e. The van der Waals surface area contributed by atoms with Gasteiger partial charge in [0, 0.05) is 6.42 Å². The molecule has 0 aromatic carbocycles. The zero-order valence-corrected chi connectivity index (χ0v) is 11.7. The molecule has 1 N–H and O–H groups in total. The molecule has 104 valence electrons. The van der Waals surface area contributed by atoms with Gasteiger partial charge in [-0.1, -0.05) is 13.5 Å². The number of carbonyl (C=O) groups excluding carboxylic acids is 2. The second-order valence-corrected chi connectivity index (χ2v) is 4.88. The highest BCUT2D eigenvalue weighted by Crippen LogP contribution is 2.06. The van der Waals surface area contributed by atoms with Crippen LogP contribution >= 0.6 is 0 Å². The van der Waals surface area contributed by atoms with Gasteiger partial charge in [0.2, 0.25) is 0 Å². The molecule has 18 heavy (non-hydrogen) atoms. The predicted octanol–water partition coefficient (Wildman–Crippen LogP) is 2.41. The van der Waals surface area contributed by atoms with E-state index in [2.05, 4.69) is 11.9 Å². The van der Waals surface area contributed by atoms with Crippen molar-refractivity contribution in [3.05, 3.63) is 12.3 Å². The Hall–Kier alpha value is -1.52. The van der Waals surface area contributed by atoms with Gasteiger partial charge in [-0.05, 0) is 20.8 Å². The van der Waals surface area contributed by atoms with E-state index in [0.29, 0.717) is 18.7 Å². The molecule has 0 fully saturated rings. The van der Waals surface area contributed by atoms with Crippen LogP contribution in [-0.4, -0.2) is 30.6 Å². The smallest absolute Gasteiger partial charge is 0.407 e. The summed E-state index contributed by atoms with van der Waals surface area (Å²) >= 11 is 0. The molecule has 0 aromatic heterocycles. The van der Waals surface area contributed by atoms with Crippen molar-refractivity contribution in [1.29, 1.82) is 0 Å². The summed E-state index contributed by atoms with van der Waals surface area (Å²) in [6.45, 7) is 11.4. The summed E-state index contributed by atoms with van der Waals surface area (Å²) in [6.07, 6.45) is 0.211. The number of ketones is 1. The molecule has 0 saturated heterocycles. The number of amides is 1. The first kappa shape index (κ1) is 16.5. The van der Waals surface area contributed by atoms with Crippen LogP contribution < -0.4 is 5.32 Å². The first-order valence-corrected chi connectivity index (χ1v) is 6.03. The van der Waals surface area contributed by atoms with E-state index in [9.17, 15) is 9.59 Å². The Morgan fingerprint density at radius 3 is 2.39 bits per heavy atom. The Bertz CT molecular complexity index is 305. The Balaban J connectivity index is 3.65. The summed E-state index contributed by atoms with van der Waals surface area (Å²) < 4.78 is 10.3. The van der Waals surface area contributed by atoms with E-state index in [1.54, 1.807) is 27.7 Å². The summed E-state index contributed by atoms with van der Waals surface area (Å²) in [4.78, 5) is 22.4. The van der Waals surface area contributed by atoms with Crippen LogP contribution in [0.1, 0.15) is 40.5 Å². The van der Waals surface area contributed by atoms with Crippen molar-refractivity contribution in [3.8, 4) is 0 Å². The first-order chi connectivity index (χ1) is 8.24. The largest absolute Gasteiger partial charge is 0.496 e. The third-order valence-corrected chi connectivity index (χ3v) is 1.87. The number of hydrogen-bond acceptors (Lipinski definition) is 4. The molecule has 0 aromatic rings. The molecule has 0 radical (unpaired) electrons. The fourth-order valence-corrected chi connectivity index (χ4v) is 1.06. The molecule has 0 atom stereocenters. The lowest BCUT2D eigenvalue weighted by molar-refractivity contribution is -0.118. The average Bonchev–Trinajstić information content (AvgIpc) is 2.21. The van der Waals surface area contributed by atoms with Crippen molar-refractivity contribution >= 4 is 11.9 Å². The minimum absolute atomic E-state index is 0.0834. The molecule has 5 nitrogen and oxygen atoms in total. The summed E-state index contributed by atoms with van der Waals surface area (Å²) in [5, 5.41) is 2.55. The van der Waals surface area contributed by atoms with Gasteiger partial charge < -0.3 is 14.8 Å². The maximum absolute atomic E-state index is 11.3. The van der Waals surface area contributed by atoms with Crippen LogP contribution in [0.25, 0.3) is 0 Å². The molecular formula is C13H23NO4. The normalized spacial score (nSPS) is 10.7. The van der Waals surface area contributed by atoms with E-state index in [1.165, 1.54) is 0 Å². The number of allylic oxidation sites excluding steroid dienone is 1. The molecule has 5 heteroatoms. The van der Waals surface area contributed by atoms with Crippen LogP contribution in [0, 0.1) is 0 Å².